The van der Waals surface area contributed by atoms with Crippen LogP contribution in [0.1, 0.15) is 31.9 Å². The number of alkyl halides is 3. The monoisotopic (exact) mass is 385 g/mol. The maximum absolute atomic E-state index is 12.8. The number of thiophene rings is 1. The van der Waals surface area contributed by atoms with Gasteiger partial charge in [0, 0.05) is 6.54 Å². The Morgan fingerprint density at radius 2 is 1.77 bits per heavy atom. The molecular weight excluding hydrogens is 363 g/mol. The molecule has 0 saturated heterocycles. The molecule has 1 amide bonds. The highest BCUT2D eigenvalue weighted by molar-refractivity contribution is 7.07. The Kier molecular flexibility index (Phi) is 6.34. The number of hydrogen-bond donors (Lipinski definition) is 0. The zero-order valence-corrected chi connectivity index (χ0v) is 15.8. The number of ether oxygens (including phenoxy) is 1. The van der Waals surface area contributed by atoms with E-state index in [0.29, 0.717) is 11.3 Å². The minimum absolute atomic E-state index is 0.0155. The summed E-state index contributed by atoms with van der Waals surface area (Å²) in [5, 5.41) is 3.49. The number of carbonyl (C=O) groups is 1. The first kappa shape index (κ1) is 20.3. The summed E-state index contributed by atoms with van der Waals surface area (Å²) in [7, 11) is 0. The van der Waals surface area contributed by atoms with Crippen molar-refractivity contribution >= 4 is 17.2 Å². The number of halogens is 3. The van der Waals surface area contributed by atoms with Crippen molar-refractivity contribution in [1.82, 2.24) is 4.90 Å². The van der Waals surface area contributed by atoms with E-state index in [-0.39, 0.29) is 12.0 Å². The Morgan fingerprint density at radius 1 is 1.12 bits per heavy atom. The first-order valence-corrected chi connectivity index (χ1v) is 9.08. The van der Waals surface area contributed by atoms with Crippen molar-refractivity contribution in [3.05, 3.63) is 52.2 Å². The van der Waals surface area contributed by atoms with Crippen LogP contribution in [0.5, 0.6) is 5.75 Å². The van der Waals surface area contributed by atoms with Crippen LogP contribution in [-0.4, -0.2) is 30.1 Å². The van der Waals surface area contributed by atoms with E-state index in [0.717, 1.165) is 10.5 Å². The summed E-state index contributed by atoms with van der Waals surface area (Å²) in [6, 6.07) is 8.92. The lowest BCUT2D eigenvalue weighted by atomic mass is 9.87. The minimum atomic E-state index is -4.46. The van der Waals surface area contributed by atoms with Crippen LogP contribution in [0.15, 0.2) is 41.1 Å². The molecule has 3 nitrogen and oxygen atoms in total. The maximum Gasteiger partial charge on any atom is 0.406 e. The summed E-state index contributed by atoms with van der Waals surface area (Å²) in [5.41, 5.74) is 1.76. The van der Waals surface area contributed by atoms with E-state index in [2.05, 4.69) is 20.8 Å². The Balaban J connectivity index is 1.99. The lowest BCUT2D eigenvalue weighted by Gasteiger charge is -2.24. The van der Waals surface area contributed by atoms with Crippen molar-refractivity contribution in [1.29, 1.82) is 0 Å². The number of carbonyl (C=O) groups excluding carboxylic acids is 1. The molecule has 2 aromatic rings. The molecule has 0 atom stereocenters. The Labute approximate surface area is 155 Å². The third kappa shape index (κ3) is 6.37. The number of hydrogen-bond acceptors (Lipinski definition) is 3. The predicted molar refractivity (Wildman–Crippen MR) is 96.4 cm³/mol. The van der Waals surface area contributed by atoms with Crippen molar-refractivity contribution in [2.45, 2.75) is 38.9 Å². The SMILES string of the molecule is CC(C)(C)c1ccc(OCC(=O)N(Cc2ccsc2)CC(F)(F)F)cc1. The van der Waals surface area contributed by atoms with Crippen molar-refractivity contribution in [2.75, 3.05) is 13.2 Å². The molecule has 0 aliphatic heterocycles. The Bertz CT molecular complexity index is 704. The van der Waals surface area contributed by atoms with Gasteiger partial charge in [-0.2, -0.15) is 24.5 Å². The second-order valence-corrected chi connectivity index (χ2v) is 7.84. The molecule has 0 unspecified atom stereocenters. The van der Waals surface area contributed by atoms with E-state index in [1.54, 1.807) is 29.0 Å². The molecule has 0 N–H and O–H groups in total. The average molecular weight is 385 g/mol. The quantitative estimate of drug-likeness (QED) is 0.699. The molecular formula is C19H22F3NO2S. The van der Waals surface area contributed by atoms with Gasteiger partial charge in [-0.1, -0.05) is 32.9 Å². The third-order valence-electron chi connectivity index (χ3n) is 3.76. The van der Waals surface area contributed by atoms with Crippen LogP contribution in [0.2, 0.25) is 0 Å². The predicted octanol–water partition coefficient (Wildman–Crippen LogP) is 5.02. The zero-order chi connectivity index (χ0) is 19.4. The van der Waals surface area contributed by atoms with Gasteiger partial charge in [-0.15, -0.1) is 0 Å². The highest BCUT2D eigenvalue weighted by Gasteiger charge is 2.33. The van der Waals surface area contributed by atoms with Crippen molar-refractivity contribution in [2.24, 2.45) is 0 Å². The molecule has 0 bridgehead atoms. The molecule has 0 aliphatic carbocycles. The molecule has 0 radical (unpaired) electrons. The number of nitrogens with zero attached hydrogens (tertiary/aromatic N) is 1. The molecule has 0 aliphatic rings. The van der Waals surface area contributed by atoms with Gasteiger partial charge in [0.2, 0.25) is 0 Å². The first-order chi connectivity index (χ1) is 12.0. The van der Waals surface area contributed by atoms with Gasteiger partial charge >= 0.3 is 6.18 Å². The van der Waals surface area contributed by atoms with Gasteiger partial charge in [-0.3, -0.25) is 4.79 Å². The van der Waals surface area contributed by atoms with Gasteiger partial charge in [-0.05, 0) is 45.5 Å². The molecule has 1 aromatic heterocycles. The molecule has 0 fully saturated rings. The van der Waals surface area contributed by atoms with Crippen LogP contribution in [0.4, 0.5) is 13.2 Å². The van der Waals surface area contributed by atoms with Crippen molar-refractivity contribution in [3.8, 4) is 5.75 Å². The Morgan fingerprint density at radius 3 is 2.27 bits per heavy atom. The van der Waals surface area contributed by atoms with Crippen LogP contribution in [-0.2, 0) is 16.8 Å². The van der Waals surface area contributed by atoms with Crippen LogP contribution < -0.4 is 4.74 Å². The van der Waals surface area contributed by atoms with E-state index in [1.165, 1.54) is 11.3 Å². The minimum Gasteiger partial charge on any atom is -0.484 e. The van der Waals surface area contributed by atoms with E-state index >= 15 is 0 Å². The summed E-state index contributed by atoms with van der Waals surface area (Å²) in [4.78, 5) is 13.0. The second-order valence-electron chi connectivity index (χ2n) is 7.06. The zero-order valence-electron chi connectivity index (χ0n) is 15.0. The van der Waals surface area contributed by atoms with Crippen LogP contribution in [0.25, 0.3) is 0 Å². The van der Waals surface area contributed by atoms with E-state index in [1.807, 2.05) is 12.1 Å². The maximum atomic E-state index is 12.8. The standard InChI is InChI=1S/C19H22F3NO2S/c1-18(2,3)15-4-6-16(7-5-15)25-11-17(24)23(13-19(20,21)22)10-14-8-9-26-12-14/h4-9,12H,10-11,13H2,1-3H3. The van der Waals surface area contributed by atoms with Gasteiger partial charge in [0.15, 0.2) is 6.61 Å². The number of rotatable bonds is 6. The molecule has 0 spiro atoms. The van der Waals surface area contributed by atoms with Gasteiger partial charge in [0.05, 0.1) is 0 Å². The highest BCUT2D eigenvalue weighted by Crippen LogP contribution is 2.24. The van der Waals surface area contributed by atoms with Crippen LogP contribution in [0.3, 0.4) is 0 Å². The van der Waals surface area contributed by atoms with Crippen LogP contribution >= 0.6 is 11.3 Å². The van der Waals surface area contributed by atoms with E-state index in [9.17, 15) is 18.0 Å². The molecule has 26 heavy (non-hydrogen) atoms. The number of amides is 1. The summed E-state index contributed by atoms with van der Waals surface area (Å²) in [5.74, 6) is -0.248. The normalized spacial score (nSPS) is 12.1. The number of benzene rings is 1. The second kappa shape index (κ2) is 8.12. The van der Waals surface area contributed by atoms with Gasteiger partial charge in [0.25, 0.3) is 5.91 Å². The lowest BCUT2D eigenvalue weighted by molar-refractivity contribution is -0.163. The fourth-order valence-corrected chi connectivity index (χ4v) is 3.00. The average Bonchev–Trinajstić information content (AvgIpc) is 3.03. The van der Waals surface area contributed by atoms with Gasteiger partial charge < -0.3 is 9.64 Å². The summed E-state index contributed by atoms with van der Waals surface area (Å²) in [6.07, 6.45) is -4.46. The van der Waals surface area contributed by atoms with Crippen molar-refractivity contribution < 1.29 is 22.7 Å². The van der Waals surface area contributed by atoms with Crippen molar-refractivity contribution in [3.63, 3.8) is 0 Å². The summed E-state index contributed by atoms with van der Waals surface area (Å²) in [6.45, 7) is 4.40. The highest BCUT2D eigenvalue weighted by atomic mass is 32.1. The molecule has 2 rings (SSSR count). The fraction of sp³-hybridized carbons (Fsp3) is 0.421. The largest absolute Gasteiger partial charge is 0.484 e. The lowest BCUT2D eigenvalue weighted by Crippen LogP contribution is -2.40. The van der Waals surface area contributed by atoms with Gasteiger partial charge in [-0.25, -0.2) is 0 Å². The molecule has 142 valence electrons. The molecule has 1 heterocycles. The third-order valence-corrected chi connectivity index (χ3v) is 4.49. The Hall–Kier alpha value is -2.02. The molecule has 0 saturated carbocycles. The van der Waals surface area contributed by atoms with Crippen LogP contribution in [0, 0.1) is 0 Å². The smallest absolute Gasteiger partial charge is 0.406 e. The van der Waals surface area contributed by atoms with Gasteiger partial charge in [0.1, 0.15) is 12.3 Å². The topological polar surface area (TPSA) is 29.5 Å². The summed E-state index contributed by atoms with van der Waals surface area (Å²) < 4.78 is 43.7. The molecule has 1 aromatic carbocycles. The molecule has 7 heteroatoms. The van der Waals surface area contributed by atoms with E-state index in [4.69, 9.17) is 4.74 Å². The first-order valence-electron chi connectivity index (χ1n) is 8.13. The van der Waals surface area contributed by atoms with E-state index < -0.39 is 25.2 Å². The summed E-state index contributed by atoms with van der Waals surface area (Å²) >= 11 is 1.37. The fourth-order valence-electron chi connectivity index (χ4n) is 2.34.